The molecule has 2 aromatic heterocycles. The molecule has 2 N–H and O–H groups in total. The number of benzene rings is 1. The zero-order valence-electron chi connectivity index (χ0n) is 26.3. The van der Waals surface area contributed by atoms with Gasteiger partial charge in [-0.15, -0.1) is 0 Å². The highest BCUT2D eigenvalue weighted by atomic mass is 35.5. The van der Waals surface area contributed by atoms with Gasteiger partial charge in [-0.1, -0.05) is 78.4 Å². The first-order chi connectivity index (χ1) is 22.2. The van der Waals surface area contributed by atoms with Gasteiger partial charge in [0.25, 0.3) is 5.56 Å². The maximum Gasteiger partial charge on any atom is 0.276 e. The van der Waals surface area contributed by atoms with Crippen molar-refractivity contribution in [1.29, 1.82) is 5.26 Å². The second-order valence-electron chi connectivity index (χ2n) is 12.0. The summed E-state index contributed by atoms with van der Waals surface area (Å²) in [6.45, 7) is 12.6. The summed E-state index contributed by atoms with van der Waals surface area (Å²) in [6, 6.07) is 3.33. The van der Waals surface area contributed by atoms with Crippen LogP contribution in [-0.4, -0.2) is 64.0 Å². The number of hydrogen-bond donors (Lipinski definition) is 1. The minimum atomic E-state index is -0.553. The van der Waals surface area contributed by atoms with E-state index in [4.69, 9.17) is 68.7 Å². The number of carbonyl (C=O) groups excluding carboxylic acids is 1. The molecule has 2 aliphatic rings. The molecule has 47 heavy (non-hydrogen) atoms. The summed E-state index contributed by atoms with van der Waals surface area (Å²) in [5.74, 6) is -0.137. The number of pyridine rings is 2. The van der Waals surface area contributed by atoms with Gasteiger partial charge in [0.2, 0.25) is 5.91 Å². The Bertz CT molecular complexity index is 1980. The number of amides is 1. The van der Waals surface area contributed by atoms with Crippen LogP contribution < -0.4 is 16.2 Å². The maximum atomic E-state index is 14.7. The third kappa shape index (κ3) is 5.74. The number of likely N-dealkylation sites (N-methyl/N-ethyl adjacent to an activating group) is 1. The third-order valence-corrected chi connectivity index (χ3v) is 10.7. The van der Waals surface area contributed by atoms with E-state index in [2.05, 4.69) is 26.5 Å². The van der Waals surface area contributed by atoms with Crippen molar-refractivity contribution < 1.29 is 4.79 Å². The van der Waals surface area contributed by atoms with E-state index >= 15 is 0 Å². The predicted octanol–water partition coefficient (Wildman–Crippen LogP) is 7.72. The van der Waals surface area contributed by atoms with Crippen molar-refractivity contribution in [2.45, 2.75) is 39.8 Å². The summed E-state index contributed by atoms with van der Waals surface area (Å²) in [7, 11) is 1.93. The number of hydrogen-bond acceptors (Lipinski definition) is 7. The summed E-state index contributed by atoms with van der Waals surface area (Å²) in [5, 5.41) is 11.1. The number of nitriles is 1. The maximum absolute atomic E-state index is 14.7. The van der Waals surface area contributed by atoms with Crippen molar-refractivity contribution >= 4 is 92.0 Å². The highest BCUT2D eigenvalue weighted by Crippen LogP contribution is 2.49. The van der Waals surface area contributed by atoms with Crippen LogP contribution in [0.5, 0.6) is 0 Å². The molecule has 246 valence electrons. The zero-order valence-corrected chi connectivity index (χ0v) is 30.1. The summed E-state index contributed by atoms with van der Waals surface area (Å²) in [5.41, 5.74) is 7.89. The predicted molar refractivity (Wildman–Crippen MR) is 194 cm³/mol. The van der Waals surface area contributed by atoms with Gasteiger partial charge in [0.15, 0.2) is 0 Å². The molecule has 0 radical (unpaired) electrons. The molecule has 0 saturated carbocycles. The highest BCUT2D eigenvalue weighted by molar-refractivity contribution is 6.53. The van der Waals surface area contributed by atoms with Gasteiger partial charge in [0.1, 0.15) is 17.3 Å². The molecule has 1 unspecified atom stereocenters. The van der Waals surface area contributed by atoms with E-state index in [1.165, 1.54) is 10.6 Å². The Morgan fingerprint density at radius 2 is 1.83 bits per heavy atom. The number of nitrogens with zero attached hydrogens (tertiary/aromatic N) is 6. The Kier molecular flexibility index (Phi) is 9.85. The van der Waals surface area contributed by atoms with Crippen molar-refractivity contribution in [1.82, 2.24) is 19.4 Å². The number of carbonyl (C=O) groups is 1. The smallest absolute Gasteiger partial charge is 0.276 e. The monoisotopic (exact) mass is 733 g/mol. The SMILES string of the molecule is C=CC(=O)N1CCN(c2c(C#N)c(=O)n(C3=C(C)C=CN(C)C3C(C)C)c3nc(-c4c(Cl)c(N)c(Cl)c(Cl)c4Cl)c(Cl)cc23)C[C@H]1C. The van der Waals surface area contributed by atoms with Gasteiger partial charge in [-0.25, -0.2) is 4.98 Å². The molecule has 2 atom stereocenters. The van der Waals surface area contributed by atoms with E-state index in [0.29, 0.717) is 36.4 Å². The fourth-order valence-electron chi connectivity index (χ4n) is 6.49. The molecule has 1 fully saturated rings. The average molecular weight is 736 g/mol. The number of nitrogen functional groups attached to an aromatic ring is 1. The number of nitrogens with two attached hydrogens (primary N) is 1. The number of rotatable bonds is 5. The molecule has 1 saturated heterocycles. The molecule has 0 bridgehead atoms. The van der Waals surface area contributed by atoms with Crippen LogP contribution in [0.25, 0.3) is 28.0 Å². The summed E-state index contributed by atoms with van der Waals surface area (Å²) >= 11 is 33.1. The molecule has 1 amide bonds. The minimum Gasteiger partial charge on any atom is -0.396 e. The second kappa shape index (κ2) is 13.3. The Balaban J connectivity index is 1.92. The van der Waals surface area contributed by atoms with E-state index in [-0.39, 0.29) is 77.2 Å². The zero-order chi connectivity index (χ0) is 34.6. The van der Waals surface area contributed by atoms with Gasteiger partial charge in [0, 0.05) is 43.7 Å². The van der Waals surface area contributed by atoms with E-state index in [1.54, 1.807) is 11.0 Å². The lowest BCUT2D eigenvalue weighted by Gasteiger charge is -2.41. The van der Waals surface area contributed by atoms with Crippen LogP contribution >= 0.6 is 58.0 Å². The second-order valence-corrected chi connectivity index (χ2v) is 13.9. The Hall–Kier alpha value is -3.39. The fourth-order valence-corrected chi connectivity index (χ4v) is 7.82. The molecule has 3 aromatic rings. The van der Waals surface area contributed by atoms with E-state index in [9.17, 15) is 14.9 Å². The van der Waals surface area contributed by atoms with Crippen molar-refractivity contribution in [2.75, 3.05) is 37.3 Å². The minimum absolute atomic E-state index is 0.00599. The number of anilines is 2. The van der Waals surface area contributed by atoms with Gasteiger partial charge in [-0.05, 0) is 49.8 Å². The number of piperazine rings is 1. The third-order valence-electron chi connectivity index (χ3n) is 8.68. The highest BCUT2D eigenvalue weighted by Gasteiger charge is 2.35. The van der Waals surface area contributed by atoms with Gasteiger partial charge >= 0.3 is 0 Å². The topological polar surface area (TPSA) is 111 Å². The van der Waals surface area contributed by atoms with Gasteiger partial charge < -0.3 is 20.4 Å². The summed E-state index contributed by atoms with van der Waals surface area (Å²) in [4.78, 5) is 37.8. The average Bonchev–Trinajstić information content (AvgIpc) is 3.03. The lowest BCUT2D eigenvalue weighted by atomic mass is 9.93. The van der Waals surface area contributed by atoms with Gasteiger partial charge in [-0.2, -0.15) is 5.26 Å². The number of aromatic nitrogens is 2. The summed E-state index contributed by atoms with van der Waals surface area (Å²) < 4.78 is 1.49. The van der Waals surface area contributed by atoms with E-state index in [1.807, 2.05) is 43.0 Å². The van der Waals surface area contributed by atoms with Crippen LogP contribution in [0, 0.1) is 17.2 Å². The quantitative estimate of drug-likeness (QED) is 0.124. The molecular formula is C33H32Cl5N7O2. The van der Waals surface area contributed by atoms with Crippen LogP contribution in [0.15, 0.2) is 41.4 Å². The number of allylic oxidation sites excluding steroid dienone is 2. The molecule has 5 rings (SSSR count). The van der Waals surface area contributed by atoms with E-state index in [0.717, 1.165) is 5.57 Å². The van der Waals surface area contributed by atoms with E-state index < -0.39 is 5.56 Å². The molecule has 4 heterocycles. The van der Waals surface area contributed by atoms with Crippen LogP contribution in [0.2, 0.25) is 25.1 Å². The van der Waals surface area contributed by atoms with Crippen molar-refractivity contribution in [3.8, 4) is 17.3 Å². The van der Waals surface area contributed by atoms with Crippen LogP contribution in [0.1, 0.15) is 33.3 Å². The Morgan fingerprint density at radius 1 is 1.15 bits per heavy atom. The van der Waals surface area contributed by atoms with Crippen molar-refractivity contribution in [3.63, 3.8) is 0 Å². The van der Waals surface area contributed by atoms with Gasteiger partial charge in [-0.3, -0.25) is 14.2 Å². The van der Waals surface area contributed by atoms with Crippen LogP contribution in [0.4, 0.5) is 11.4 Å². The Labute approximate surface area is 298 Å². The summed E-state index contributed by atoms with van der Waals surface area (Å²) in [6.07, 6.45) is 5.14. The number of halogens is 5. The molecule has 0 spiro atoms. The normalized spacial score (nSPS) is 18.4. The first kappa shape index (κ1) is 34.9. The standard InChI is InChI=1S/C33H32Cl5N7O2/c1-7-21(46)44-11-10-43(14-17(44)5)31-18-12-20(34)28(22-23(35)25(37)26(38)27(40)24(22)36)41-32(18)45(33(47)19(31)13-39)30-16(4)8-9-42(6)29(30)15(2)3/h7-9,12,15,17,29H,1,10-11,14,40H2,2-6H3/t17-,29?/m1/s1. The largest absolute Gasteiger partial charge is 0.396 e. The van der Waals surface area contributed by atoms with Crippen molar-refractivity contribution in [3.05, 3.63) is 77.6 Å². The molecule has 1 aromatic carbocycles. The molecule has 14 heteroatoms. The van der Waals surface area contributed by atoms with Crippen molar-refractivity contribution in [2.24, 2.45) is 5.92 Å². The first-order valence-electron chi connectivity index (χ1n) is 14.8. The lowest BCUT2D eigenvalue weighted by Crippen LogP contribution is -2.54. The molecular weight excluding hydrogens is 704 g/mol. The Morgan fingerprint density at radius 3 is 2.43 bits per heavy atom. The molecule has 0 aliphatic carbocycles. The van der Waals surface area contributed by atoms with Crippen LogP contribution in [0.3, 0.4) is 0 Å². The van der Waals surface area contributed by atoms with Crippen LogP contribution in [-0.2, 0) is 4.79 Å². The number of fused-ring (bicyclic) bond motifs is 1. The first-order valence-corrected chi connectivity index (χ1v) is 16.6. The fraction of sp³-hybridized carbons (Fsp3) is 0.333. The molecule has 2 aliphatic heterocycles. The molecule has 9 nitrogen and oxygen atoms in total. The van der Waals surface area contributed by atoms with Gasteiger partial charge in [0.05, 0.1) is 53.9 Å². The lowest BCUT2D eigenvalue weighted by molar-refractivity contribution is -0.128.